The number of anilines is 1. The number of hydrogen-bond donors (Lipinski definition) is 1. The third-order valence-electron chi connectivity index (χ3n) is 6.40. The third kappa shape index (κ3) is 6.12. The molecule has 0 bridgehead atoms. The van der Waals surface area contributed by atoms with Crippen molar-refractivity contribution >= 4 is 21.6 Å². The molecule has 0 heterocycles. The Kier molecular flexibility index (Phi) is 7.75. The van der Waals surface area contributed by atoms with Crippen LogP contribution in [0.4, 0.5) is 5.69 Å². The summed E-state index contributed by atoms with van der Waals surface area (Å²) < 4.78 is 28.6. The molecule has 0 fully saturated rings. The largest absolute Gasteiger partial charge is 0.348 e. The van der Waals surface area contributed by atoms with E-state index in [9.17, 15) is 13.2 Å². The number of carbonyl (C=O) groups excluding carboxylic acids is 1. The molecule has 6 heteroatoms. The molecule has 0 aromatic heterocycles. The van der Waals surface area contributed by atoms with Crippen LogP contribution in [0.3, 0.4) is 0 Å². The number of carbonyl (C=O) groups is 1. The Morgan fingerprint density at radius 2 is 1.51 bits per heavy atom. The van der Waals surface area contributed by atoms with Crippen LogP contribution in [0.1, 0.15) is 61.6 Å². The van der Waals surface area contributed by atoms with Gasteiger partial charge in [0.15, 0.2) is 0 Å². The summed E-state index contributed by atoms with van der Waals surface area (Å²) >= 11 is 0. The molecule has 1 N–H and O–H groups in total. The first-order valence-corrected chi connectivity index (χ1v) is 13.3. The van der Waals surface area contributed by atoms with E-state index in [0.717, 1.165) is 22.3 Å². The number of sulfonamides is 1. The van der Waals surface area contributed by atoms with Crippen molar-refractivity contribution in [1.29, 1.82) is 0 Å². The summed E-state index contributed by atoms with van der Waals surface area (Å²) in [5.74, 6) is -0.367. The summed E-state index contributed by atoms with van der Waals surface area (Å²) in [5, 5.41) is 2.98. The first kappa shape index (κ1) is 26.5. The van der Waals surface area contributed by atoms with Crippen LogP contribution in [0.25, 0.3) is 0 Å². The minimum absolute atomic E-state index is 0.0432. The molecule has 35 heavy (non-hydrogen) atoms. The lowest BCUT2D eigenvalue weighted by atomic mass is 9.86. The molecule has 5 nitrogen and oxygen atoms in total. The molecule has 3 rings (SSSR count). The highest BCUT2D eigenvalue weighted by Crippen LogP contribution is 2.29. The second kappa shape index (κ2) is 10.2. The number of nitrogens with zero attached hydrogens (tertiary/aromatic N) is 1. The van der Waals surface area contributed by atoms with Crippen molar-refractivity contribution in [3.63, 3.8) is 0 Å². The van der Waals surface area contributed by atoms with Gasteiger partial charge in [-0.1, -0.05) is 74.9 Å². The van der Waals surface area contributed by atoms with Crippen LogP contribution in [-0.4, -0.2) is 20.9 Å². The van der Waals surface area contributed by atoms with Gasteiger partial charge >= 0.3 is 0 Å². The van der Waals surface area contributed by atoms with E-state index in [1.165, 1.54) is 9.87 Å². The Balaban J connectivity index is 1.89. The second-order valence-electron chi connectivity index (χ2n) is 10.2. The molecule has 3 aromatic carbocycles. The molecule has 0 spiro atoms. The van der Waals surface area contributed by atoms with Gasteiger partial charge in [0.2, 0.25) is 5.91 Å². The van der Waals surface area contributed by atoms with Crippen LogP contribution in [-0.2, 0) is 20.2 Å². The number of aryl methyl sites for hydroxylation is 2. The van der Waals surface area contributed by atoms with Gasteiger partial charge in [0.05, 0.1) is 16.6 Å². The minimum atomic E-state index is -3.96. The fourth-order valence-corrected chi connectivity index (χ4v) is 5.39. The number of nitrogens with one attached hydrogen (secondary N) is 1. The summed E-state index contributed by atoms with van der Waals surface area (Å²) in [6.45, 7) is 13.8. The Labute approximate surface area is 210 Å². The van der Waals surface area contributed by atoms with Crippen LogP contribution in [0.15, 0.2) is 71.6 Å². The lowest BCUT2D eigenvalue weighted by molar-refractivity contribution is -0.120. The zero-order valence-electron chi connectivity index (χ0n) is 21.7. The molecule has 0 radical (unpaired) electrons. The molecule has 186 valence electrons. The Hall–Kier alpha value is -3.12. The van der Waals surface area contributed by atoms with E-state index in [1.54, 1.807) is 30.3 Å². The van der Waals surface area contributed by atoms with E-state index in [2.05, 4.69) is 38.2 Å². The van der Waals surface area contributed by atoms with Crippen LogP contribution < -0.4 is 9.62 Å². The molecule has 0 saturated heterocycles. The zero-order valence-corrected chi connectivity index (χ0v) is 22.5. The molecule has 1 atom stereocenters. The first-order chi connectivity index (χ1) is 16.3. The van der Waals surface area contributed by atoms with Crippen molar-refractivity contribution in [3.05, 3.63) is 94.5 Å². The summed E-state index contributed by atoms with van der Waals surface area (Å²) in [5.41, 5.74) is 5.47. The molecule has 0 saturated carbocycles. The van der Waals surface area contributed by atoms with Crippen molar-refractivity contribution in [2.24, 2.45) is 0 Å². The van der Waals surface area contributed by atoms with Crippen molar-refractivity contribution in [2.75, 3.05) is 10.8 Å². The van der Waals surface area contributed by atoms with Crippen molar-refractivity contribution < 1.29 is 13.2 Å². The predicted octanol–water partition coefficient (Wildman–Crippen LogP) is 5.98. The first-order valence-electron chi connectivity index (χ1n) is 11.9. The van der Waals surface area contributed by atoms with Gasteiger partial charge in [0.1, 0.15) is 6.54 Å². The van der Waals surface area contributed by atoms with E-state index >= 15 is 0 Å². The van der Waals surface area contributed by atoms with Gasteiger partial charge < -0.3 is 5.32 Å². The average molecular weight is 493 g/mol. The number of rotatable bonds is 7. The van der Waals surface area contributed by atoms with Gasteiger partial charge in [0.25, 0.3) is 10.0 Å². The summed E-state index contributed by atoms with van der Waals surface area (Å²) in [4.78, 5) is 13.3. The van der Waals surface area contributed by atoms with Gasteiger partial charge in [0, 0.05) is 0 Å². The highest BCUT2D eigenvalue weighted by atomic mass is 32.2. The predicted molar refractivity (Wildman–Crippen MR) is 143 cm³/mol. The molecule has 0 aliphatic carbocycles. The Morgan fingerprint density at radius 3 is 2.09 bits per heavy atom. The van der Waals surface area contributed by atoms with Gasteiger partial charge in [-0.3, -0.25) is 9.10 Å². The molecular formula is C29H36N2O3S. The number of hydrogen-bond acceptors (Lipinski definition) is 3. The maximum absolute atomic E-state index is 13.7. The van der Waals surface area contributed by atoms with Gasteiger partial charge in [-0.25, -0.2) is 8.42 Å². The van der Waals surface area contributed by atoms with Crippen LogP contribution in [0, 0.1) is 20.8 Å². The lowest BCUT2D eigenvalue weighted by Gasteiger charge is -2.27. The van der Waals surface area contributed by atoms with E-state index in [-0.39, 0.29) is 28.8 Å². The smallest absolute Gasteiger partial charge is 0.264 e. The molecule has 0 aliphatic rings. The minimum Gasteiger partial charge on any atom is -0.348 e. The summed E-state index contributed by atoms with van der Waals surface area (Å²) in [6, 6.07) is 20.1. The Morgan fingerprint density at radius 1 is 0.914 bits per heavy atom. The molecular weight excluding hydrogens is 456 g/mol. The fraction of sp³-hybridized carbons (Fsp3) is 0.345. The average Bonchev–Trinajstić information content (AvgIpc) is 2.79. The molecule has 0 aliphatic heterocycles. The number of amides is 1. The van der Waals surface area contributed by atoms with E-state index in [1.807, 2.05) is 52.0 Å². The van der Waals surface area contributed by atoms with Gasteiger partial charge in [-0.15, -0.1) is 0 Å². The fourth-order valence-electron chi connectivity index (χ4n) is 3.92. The monoisotopic (exact) mass is 492 g/mol. The summed E-state index contributed by atoms with van der Waals surface area (Å²) in [7, 11) is -3.96. The van der Waals surface area contributed by atoms with Crippen molar-refractivity contribution in [1.82, 2.24) is 5.32 Å². The molecule has 1 amide bonds. The van der Waals surface area contributed by atoms with Crippen LogP contribution in [0.5, 0.6) is 0 Å². The molecule has 3 aromatic rings. The standard InChI is InChI=1S/C29H36N2O3S/c1-20-11-17-26(18-12-20)35(33,34)31(27-10-8-9-21(2)22(27)3)19-28(32)30-23(4)24-13-15-25(16-14-24)29(5,6)7/h8-18,23H,19H2,1-7H3,(H,30,32)/t23-/m0/s1. The topological polar surface area (TPSA) is 66.5 Å². The highest BCUT2D eigenvalue weighted by Gasteiger charge is 2.29. The lowest BCUT2D eigenvalue weighted by Crippen LogP contribution is -2.42. The molecule has 0 unspecified atom stereocenters. The van der Waals surface area contributed by atoms with E-state index in [4.69, 9.17) is 0 Å². The van der Waals surface area contributed by atoms with Gasteiger partial charge in [-0.2, -0.15) is 0 Å². The quantitative estimate of drug-likeness (QED) is 0.441. The maximum atomic E-state index is 13.7. The van der Waals surface area contributed by atoms with Crippen LogP contribution >= 0.6 is 0 Å². The highest BCUT2D eigenvalue weighted by molar-refractivity contribution is 7.92. The second-order valence-corrected chi connectivity index (χ2v) is 12.1. The zero-order chi connectivity index (χ0) is 26.0. The van der Waals surface area contributed by atoms with Crippen molar-refractivity contribution in [3.8, 4) is 0 Å². The SMILES string of the molecule is Cc1ccc(S(=O)(=O)N(CC(=O)N[C@@H](C)c2ccc(C(C)(C)C)cc2)c2cccc(C)c2C)cc1. The van der Waals surface area contributed by atoms with Gasteiger partial charge in [-0.05, 0) is 73.6 Å². The maximum Gasteiger partial charge on any atom is 0.264 e. The summed E-state index contributed by atoms with van der Waals surface area (Å²) in [6.07, 6.45) is 0. The Bertz CT molecular complexity index is 1290. The van der Waals surface area contributed by atoms with Crippen molar-refractivity contribution in [2.45, 2.75) is 64.8 Å². The van der Waals surface area contributed by atoms with E-state index in [0.29, 0.717) is 5.69 Å². The number of benzene rings is 3. The normalized spacial score (nSPS) is 12.8. The third-order valence-corrected chi connectivity index (χ3v) is 8.17. The van der Waals surface area contributed by atoms with E-state index < -0.39 is 10.0 Å². The van der Waals surface area contributed by atoms with Crippen LogP contribution in [0.2, 0.25) is 0 Å².